The van der Waals surface area contributed by atoms with Gasteiger partial charge in [0.1, 0.15) is 18.2 Å². The van der Waals surface area contributed by atoms with Gasteiger partial charge >= 0.3 is 0 Å². The standard InChI is InChI=1S/C23H28N4O4/c1-6-27(7-2)22-11-9-18(13-24-22)25-23(28)17-8-10-20(21(12-17)29-5)30-14-19-15(3)26-31-16(19)4/h8-13H,6-7,14H2,1-5H3,(H,25,28). The van der Waals surface area contributed by atoms with Crippen LogP contribution < -0.4 is 19.7 Å². The fraction of sp³-hybridized carbons (Fsp3) is 0.348. The molecule has 8 heteroatoms. The van der Waals surface area contributed by atoms with Crippen LogP contribution in [-0.4, -0.2) is 36.2 Å². The van der Waals surface area contributed by atoms with Gasteiger partial charge in [-0.25, -0.2) is 4.98 Å². The van der Waals surface area contributed by atoms with Gasteiger partial charge in [-0.3, -0.25) is 4.79 Å². The summed E-state index contributed by atoms with van der Waals surface area (Å²) in [7, 11) is 1.54. The molecule has 0 radical (unpaired) electrons. The van der Waals surface area contributed by atoms with Crippen molar-refractivity contribution in [2.45, 2.75) is 34.3 Å². The molecule has 1 N–H and O–H groups in total. The lowest BCUT2D eigenvalue weighted by atomic mass is 10.1. The van der Waals surface area contributed by atoms with Crippen LogP contribution in [0.1, 0.15) is 41.2 Å². The Morgan fingerprint density at radius 2 is 1.90 bits per heavy atom. The number of pyridine rings is 1. The van der Waals surface area contributed by atoms with E-state index in [9.17, 15) is 4.79 Å². The third kappa shape index (κ3) is 5.14. The number of benzene rings is 1. The number of amides is 1. The normalized spacial score (nSPS) is 10.6. The molecule has 0 bridgehead atoms. The summed E-state index contributed by atoms with van der Waals surface area (Å²) in [5.41, 5.74) is 2.76. The van der Waals surface area contributed by atoms with Crippen molar-refractivity contribution in [1.29, 1.82) is 0 Å². The molecule has 0 fully saturated rings. The van der Waals surface area contributed by atoms with Crippen molar-refractivity contribution in [3.8, 4) is 11.5 Å². The molecule has 2 heterocycles. The molecule has 0 saturated heterocycles. The molecular weight excluding hydrogens is 396 g/mol. The van der Waals surface area contributed by atoms with Crippen LogP contribution in [0.2, 0.25) is 0 Å². The summed E-state index contributed by atoms with van der Waals surface area (Å²) >= 11 is 0. The monoisotopic (exact) mass is 424 g/mol. The van der Waals surface area contributed by atoms with E-state index in [2.05, 4.69) is 34.2 Å². The predicted octanol–water partition coefficient (Wildman–Crippen LogP) is 4.37. The number of hydrogen-bond acceptors (Lipinski definition) is 7. The van der Waals surface area contributed by atoms with Gasteiger partial charge in [0.2, 0.25) is 0 Å². The Morgan fingerprint density at radius 1 is 1.13 bits per heavy atom. The first-order valence-electron chi connectivity index (χ1n) is 10.2. The number of nitrogens with zero attached hydrogens (tertiary/aromatic N) is 3. The molecule has 8 nitrogen and oxygen atoms in total. The van der Waals surface area contributed by atoms with Crippen LogP contribution in [0.15, 0.2) is 41.1 Å². The number of ether oxygens (including phenoxy) is 2. The Kier molecular flexibility index (Phi) is 7.12. The van der Waals surface area contributed by atoms with Gasteiger partial charge in [-0.05, 0) is 58.0 Å². The van der Waals surface area contributed by atoms with Gasteiger partial charge in [0.25, 0.3) is 5.91 Å². The van der Waals surface area contributed by atoms with E-state index < -0.39 is 0 Å². The lowest BCUT2D eigenvalue weighted by Crippen LogP contribution is -2.22. The van der Waals surface area contributed by atoms with Gasteiger partial charge in [0.15, 0.2) is 11.5 Å². The Morgan fingerprint density at radius 3 is 2.48 bits per heavy atom. The zero-order valence-corrected chi connectivity index (χ0v) is 18.6. The summed E-state index contributed by atoms with van der Waals surface area (Å²) in [6, 6.07) is 8.80. The van der Waals surface area contributed by atoms with Crippen LogP contribution in [0.4, 0.5) is 11.5 Å². The minimum absolute atomic E-state index is 0.257. The van der Waals surface area contributed by atoms with Gasteiger partial charge in [-0.15, -0.1) is 0 Å². The van der Waals surface area contributed by atoms with Gasteiger partial charge in [-0.2, -0.15) is 0 Å². The predicted molar refractivity (Wildman–Crippen MR) is 119 cm³/mol. The number of hydrogen-bond donors (Lipinski definition) is 1. The highest BCUT2D eigenvalue weighted by Gasteiger charge is 2.15. The molecule has 0 atom stereocenters. The maximum Gasteiger partial charge on any atom is 0.255 e. The molecule has 0 spiro atoms. The van der Waals surface area contributed by atoms with Crippen molar-refractivity contribution in [3.63, 3.8) is 0 Å². The third-order valence-electron chi connectivity index (χ3n) is 5.07. The highest BCUT2D eigenvalue weighted by Crippen LogP contribution is 2.30. The number of aryl methyl sites for hydroxylation is 2. The van der Waals surface area contributed by atoms with Crippen LogP contribution in [0.5, 0.6) is 11.5 Å². The lowest BCUT2D eigenvalue weighted by Gasteiger charge is -2.19. The second kappa shape index (κ2) is 9.97. The van der Waals surface area contributed by atoms with Crippen molar-refractivity contribution in [2.24, 2.45) is 0 Å². The van der Waals surface area contributed by atoms with Crippen molar-refractivity contribution < 1.29 is 18.8 Å². The van der Waals surface area contributed by atoms with Crippen LogP contribution >= 0.6 is 0 Å². The summed E-state index contributed by atoms with van der Waals surface area (Å²) in [4.78, 5) is 19.3. The first-order chi connectivity index (χ1) is 15.0. The van der Waals surface area contributed by atoms with Gasteiger partial charge < -0.3 is 24.2 Å². The number of rotatable bonds is 9. The number of methoxy groups -OCH3 is 1. The van der Waals surface area contributed by atoms with E-state index in [1.807, 2.05) is 26.0 Å². The zero-order valence-electron chi connectivity index (χ0n) is 18.6. The Bertz CT molecular complexity index is 1010. The van der Waals surface area contributed by atoms with Gasteiger partial charge in [0, 0.05) is 18.7 Å². The summed E-state index contributed by atoms with van der Waals surface area (Å²) in [6.45, 7) is 9.91. The Balaban J connectivity index is 1.69. The molecule has 0 unspecified atom stereocenters. The maximum atomic E-state index is 12.7. The average Bonchev–Trinajstić information content (AvgIpc) is 3.11. The topological polar surface area (TPSA) is 89.7 Å². The van der Waals surface area contributed by atoms with Crippen LogP contribution in [0.25, 0.3) is 0 Å². The van der Waals surface area contributed by atoms with Crippen LogP contribution in [-0.2, 0) is 6.61 Å². The van der Waals surface area contributed by atoms with Crippen molar-refractivity contribution in [1.82, 2.24) is 10.1 Å². The largest absolute Gasteiger partial charge is 0.493 e. The zero-order chi connectivity index (χ0) is 22.4. The van der Waals surface area contributed by atoms with E-state index in [1.54, 1.807) is 24.4 Å². The van der Waals surface area contributed by atoms with E-state index in [0.717, 1.165) is 30.2 Å². The molecule has 0 aliphatic carbocycles. The first kappa shape index (κ1) is 22.1. The molecule has 2 aromatic heterocycles. The first-order valence-corrected chi connectivity index (χ1v) is 10.2. The lowest BCUT2D eigenvalue weighted by molar-refractivity contribution is 0.102. The molecule has 1 aromatic carbocycles. The number of carbonyl (C=O) groups excluding carboxylic acids is 1. The Hall–Kier alpha value is -3.55. The fourth-order valence-electron chi connectivity index (χ4n) is 3.18. The van der Waals surface area contributed by atoms with E-state index in [4.69, 9.17) is 14.0 Å². The summed E-state index contributed by atoms with van der Waals surface area (Å²) in [5.74, 6) is 2.34. The van der Waals surface area contributed by atoms with E-state index in [1.165, 1.54) is 7.11 Å². The average molecular weight is 425 g/mol. The van der Waals surface area contributed by atoms with Gasteiger partial charge in [0.05, 0.1) is 30.3 Å². The highest BCUT2D eigenvalue weighted by molar-refractivity contribution is 6.04. The quantitative estimate of drug-likeness (QED) is 0.545. The van der Waals surface area contributed by atoms with Crippen molar-refractivity contribution >= 4 is 17.4 Å². The molecule has 3 rings (SSSR count). The number of carbonyl (C=O) groups is 1. The minimum atomic E-state index is -0.257. The summed E-state index contributed by atoms with van der Waals surface area (Å²) < 4.78 is 16.5. The van der Waals surface area contributed by atoms with E-state index in [0.29, 0.717) is 35.1 Å². The van der Waals surface area contributed by atoms with Gasteiger partial charge in [-0.1, -0.05) is 5.16 Å². The fourth-order valence-corrected chi connectivity index (χ4v) is 3.18. The molecule has 31 heavy (non-hydrogen) atoms. The number of aromatic nitrogens is 2. The number of nitrogens with one attached hydrogen (secondary N) is 1. The Labute approximate surface area is 182 Å². The van der Waals surface area contributed by atoms with Crippen LogP contribution in [0, 0.1) is 13.8 Å². The number of anilines is 2. The minimum Gasteiger partial charge on any atom is -0.493 e. The molecule has 164 valence electrons. The summed E-state index contributed by atoms with van der Waals surface area (Å²) in [6.07, 6.45) is 1.66. The molecule has 1 amide bonds. The third-order valence-corrected chi connectivity index (χ3v) is 5.07. The molecule has 0 aliphatic heterocycles. The summed E-state index contributed by atoms with van der Waals surface area (Å²) in [5, 5.41) is 6.79. The highest BCUT2D eigenvalue weighted by atomic mass is 16.5. The van der Waals surface area contributed by atoms with E-state index >= 15 is 0 Å². The van der Waals surface area contributed by atoms with E-state index in [-0.39, 0.29) is 5.91 Å². The second-order valence-electron chi connectivity index (χ2n) is 6.99. The maximum absolute atomic E-state index is 12.7. The molecular formula is C23H28N4O4. The molecule has 0 aliphatic rings. The smallest absolute Gasteiger partial charge is 0.255 e. The second-order valence-corrected chi connectivity index (χ2v) is 6.99. The molecule has 3 aromatic rings. The SMILES string of the molecule is CCN(CC)c1ccc(NC(=O)c2ccc(OCc3c(C)noc3C)c(OC)c2)cn1. The van der Waals surface area contributed by atoms with Crippen molar-refractivity contribution in [2.75, 3.05) is 30.4 Å². The van der Waals surface area contributed by atoms with Crippen molar-refractivity contribution in [3.05, 3.63) is 59.1 Å². The molecule has 0 saturated carbocycles. The van der Waals surface area contributed by atoms with Crippen LogP contribution in [0.3, 0.4) is 0 Å².